The van der Waals surface area contributed by atoms with Crippen LogP contribution in [0, 0.1) is 0 Å². The number of hydrogen-bond acceptors (Lipinski definition) is 9. The Morgan fingerprint density at radius 2 is 1.80 bits per heavy atom. The van der Waals surface area contributed by atoms with Gasteiger partial charge in [0.25, 0.3) is 5.56 Å². The second-order valence-corrected chi connectivity index (χ2v) is 10.2. The highest BCUT2D eigenvalue weighted by atomic mass is 35.5. The van der Waals surface area contributed by atoms with Gasteiger partial charge < -0.3 is 29.7 Å². The molecule has 2 aromatic heterocycles. The molecule has 1 amide bonds. The Balaban J connectivity index is 1.71. The Morgan fingerprint density at radius 3 is 2.41 bits per heavy atom. The number of amides is 1. The Kier molecular flexibility index (Phi) is 10.4. The van der Waals surface area contributed by atoms with Gasteiger partial charge in [0.1, 0.15) is 17.1 Å². The van der Waals surface area contributed by atoms with Crippen LogP contribution in [0.3, 0.4) is 0 Å². The van der Waals surface area contributed by atoms with Crippen molar-refractivity contribution in [1.29, 1.82) is 0 Å². The van der Waals surface area contributed by atoms with Crippen molar-refractivity contribution in [2.24, 2.45) is 0 Å². The summed E-state index contributed by atoms with van der Waals surface area (Å²) in [7, 11) is 4.57. The molecule has 0 radical (unpaired) electrons. The van der Waals surface area contributed by atoms with E-state index in [0.717, 1.165) is 12.8 Å². The van der Waals surface area contributed by atoms with E-state index in [1.807, 2.05) is 0 Å². The molecule has 1 saturated heterocycles. The zero-order valence-electron chi connectivity index (χ0n) is 23.3. The zero-order valence-corrected chi connectivity index (χ0v) is 24.8. The molecule has 220 valence electrons. The van der Waals surface area contributed by atoms with E-state index in [4.69, 9.17) is 37.4 Å². The van der Waals surface area contributed by atoms with Crippen molar-refractivity contribution < 1.29 is 19.0 Å². The normalized spacial score (nSPS) is 13.8. The Hall–Kier alpha value is -3.38. The van der Waals surface area contributed by atoms with Crippen LogP contribution in [0.15, 0.2) is 35.8 Å². The largest absolute Gasteiger partial charge is 0.495 e. The third-order valence-corrected chi connectivity index (χ3v) is 7.76. The Morgan fingerprint density at radius 1 is 1.12 bits per heavy atom. The van der Waals surface area contributed by atoms with Gasteiger partial charge in [-0.15, -0.1) is 0 Å². The number of piperidine rings is 1. The minimum Gasteiger partial charge on any atom is -0.495 e. The third kappa shape index (κ3) is 6.75. The van der Waals surface area contributed by atoms with Crippen LogP contribution in [0.4, 0.5) is 5.95 Å². The lowest BCUT2D eigenvalue weighted by molar-refractivity contribution is -0.127. The van der Waals surface area contributed by atoms with Gasteiger partial charge in [0.05, 0.1) is 36.4 Å². The number of carbonyl (C=O) groups excluding carboxylic acids is 1. The van der Waals surface area contributed by atoms with E-state index < -0.39 is 0 Å². The summed E-state index contributed by atoms with van der Waals surface area (Å²) < 4.78 is 17.5. The third-order valence-electron chi connectivity index (χ3n) is 7.01. The van der Waals surface area contributed by atoms with Gasteiger partial charge >= 0.3 is 0 Å². The molecule has 4 rings (SSSR count). The molecule has 0 unspecified atom stereocenters. The fraction of sp³-hybridized carbons (Fsp3) is 0.429. The molecule has 0 atom stereocenters. The van der Waals surface area contributed by atoms with Crippen LogP contribution in [0.25, 0.3) is 22.2 Å². The highest BCUT2D eigenvalue weighted by Crippen LogP contribution is 2.45. The lowest BCUT2D eigenvalue weighted by atomic mass is 10.0. The number of aromatic nitrogens is 3. The van der Waals surface area contributed by atoms with Gasteiger partial charge in [-0.05, 0) is 25.0 Å². The number of nitrogens with zero attached hydrogens (tertiary/aromatic N) is 4. The Bertz CT molecular complexity index is 1440. The standard InChI is InChI=1S/C28H34Cl2N6O5/c1-5-22(37)35-10-6-18(7-11-35)31-8-12-36-26-17(16-33-28(34-26)32-9-13-39-2)14-19(27(36)38)23-24(29)20(40-3)15-21(41-4)25(23)30/h5,14-16,18,31H,1,6-13H2,2-4H3,(H,32,33,34). The molecule has 41 heavy (non-hydrogen) atoms. The summed E-state index contributed by atoms with van der Waals surface area (Å²) in [5.74, 6) is 0.970. The van der Waals surface area contributed by atoms with Crippen LogP contribution in [-0.4, -0.2) is 85.5 Å². The van der Waals surface area contributed by atoms with Crippen LogP contribution in [0.5, 0.6) is 11.5 Å². The monoisotopic (exact) mass is 604 g/mol. The predicted octanol–water partition coefficient (Wildman–Crippen LogP) is 3.61. The topological polar surface area (TPSA) is 120 Å². The van der Waals surface area contributed by atoms with Gasteiger partial charge in [0.2, 0.25) is 11.9 Å². The highest BCUT2D eigenvalue weighted by molar-refractivity contribution is 6.41. The Labute approximate surface area is 248 Å². The van der Waals surface area contributed by atoms with Gasteiger partial charge in [-0.3, -0.25) is 14.2 Å². The number of pyridine rings is 1. The second-order valence-electron chi connectivity index (χ2n) is 9.45. The molecule has 0 spiro atoms. The molecule has 1 aliphatic rings. The number of likely N-dealkylation sites (tertiary alicyclic amines) is 1. The lowest BCUT2D eigenvalue weighted by Crippen LogP contribution is -2.45. The van der Waals surface area contributed by atoms with Crippen molar-refractivity contribution in [3.63, 3.8) is 0 Å². The molecule has 13 heteroatoms. The van der Waals surface area contributed by atoms with Crippen LogP contribution in [0.1, 0.15) is 12.8 Å². The van der Waals surface area contributed by atoms with E-state index in [1.165, 1.54) is 20.3 Å². The number of ether oxygens (including phenoxy) is 3. The first-order valence-corrected chi connectivity index (χ1v) is 14.0. The molecular weight excluding hydrogens is 571 g/mol. The molecule has 0 saturated carbocycles. The minimum absolute atomic E-state index is 0.0561. The number of halogens is 2. The fourth-order valence-corrected chi connectivity index (χ4v) is 5.54. The molecule has 3 heterocycles. The van der Waals surface area contributed by atoms with Crippen LogP contribution >= 0.6 is 23.2 Å². The molecule has 1 fully saturated rings. The summed E-state index contributed by atoms with van der Waals surface area (Å²) in [5.41, 5.74) is 0.708. The number of rotatable bonds is 12. The quantitative estimate of drug-likeness (QED) is 0.236. The molecule has 0 aliphatic carbocycles. The number of benzene rings is 1. The van der Waals surface area contributed by atoms with Crippen molar-refractivity contribution in [2.75, 3.05) is 59.4 Å². The SMILES string of the molecule is C=CC(=O)N1CCC(NCCn2c(=O)c(-c3c(Cl)c(OC)cc(OC)c3Cl)cc3cnc(NCCOC)nc32)CC1. The van der Waals surface area contributed by atoms with Crippen molar-refractivity contribution in [1.82, 2.24) is 24.8 Å². The number of methoxy groups -OCH3 is 3. The van der Waals surface area contributed by atoms with E-state index >= 15 is 0 Å². The maximum Gasteiger partial charge on any atom is 0.260 e. The number of anilines is 1. The van der Waals surface area contributed by atoms with Crippen LogP contribution in [0.2, 0.25) is 10.0 Å². The minimum atomic E-state index is -0.327. The molecular formula is C28H34Cl2N6O5. The highest BCUT2D eigenvalue weighted by Gasteiger charge is 2.24. The first-order chi connectivity index (χ1) is 19.8. The van der Waals surface area contributed by atoms with Gasteiger partial charge in [-0.25, -0.2) is 4.98 Å². The first-order valence-electron chi connectivity index (χ1n) is 13.2. The van der Waals surface area contributed by atoms with Crippen LogP contribution in [-0.2, 0) is 16.1 Å². The van der Waals surface area contributed by atoms with Crippen molar-refractivity contribution in [2.45, 2.75) is 25.4 Å². The maximum absolute atomic E-state index is 14.1. The molecule has 3 aromatic rings. The summed E-state index contributed by atoms with van der Waals surface area (Å²) >= 11 is 13.4. The predicted molar refractivity (Wildman–Crippen MR) is 161 cm³/mol. The number of nitrogens with one attached hydrogen (secondary N) is 2. The number of hydrogen-bond donors (Lipinski definition) is 2. The molecule has 2 N–H and O–H groups in total. The van der Waals surface area contributed by atoms with Gasteiger partial charge in [0, 0.05) is 69.1 Å². The smallest absolute Gasteiger partial charge is 0.260 e. The maximum atomic E-state index is 14.1. The molecule has 1 aliphatic heterocycles. The zero-order chi connectivity index (χ0) is 29.5. The van der Waals surface area contributed by atoms with Crippen molar-refractivity contribution in [3.05, 3.63) is 51.4 Å². The second kappa shape index (κ2) is 14.0. The number of carbonyl (C=O) groups is 1. The van der Waals surface area contributed by atoms with Crippen molar-refractivity contribution >= 4 is 46.1 Å². The molecule has 11 nitrogen and oxygen atoms in total. The van der Waals surface area contributed by atoms with E-state index in [-0.39, 0.29) is 33.1 Å². The van der Waals surface area contributed by atoms with E-state index in [1.54, 1.807) is 34.9 Å². The lowest BCUT2D eigenvalue weighted by Gasteiger charge is -2.32. The van der Waals surface area contributed by atoms with Crippen molar-refractivity contribution in [3.8, 4) is 22.6 Å². The van der Waals surface area contributed by atoms with E-state index in [0.29, 0.717) is 73.4 Å². The summed E-state index contributed by atoms with van der Waals surface area (Å²) in [6.07, 6.45) is 4.60. The van der Waals surface area contributed by atoms with Gasteiger partial charge in [-0.2, -0.15) is 4.98 Å². The summed E-state index contributed by atoms with van der Waals surface area (Å²) in [5, 5.41) is 7.65. The molecule has 1 aromatic carbocycles. The molecule has 0 bridgehead atoms. The summed E-state index contributed by atoms with van der Waals surface area (Å²) in [6, 6.07) is 3.47. The summed E-state index contributed by atoms with van der Waals surface area (Å²) in [4.78, 5) is 36.8. The van der Waals surface area contributed by atoms with Gasteiger partial charge in [0.15, 0.2) is 0 Å². The van der Waals surface area contributed by atoms with Gasteiger partial charge in [-0.1, -0.05) is 29.8 Å². The average molecular weight is 606 g/mol. The average Bonchev–Trinajstić information content (AvgIpc) is 2.99. The fourth-order valence-electron chi connectivity index (χ4n) is 4.83. The summed E-state index contributed by atoms with van der Waals surface area (Å²) in [6.45, 7) is 6.67. The van der Waals surface area contributed by atoms with E-state index in [9.17, 15) is 9.59 Å². The van der Waals surface area contributed by atoms with E-state index in [2.05, 4.69) is 27.2 Å². The first kappa shape index (κ1) is 30.6. The van der Waals surface area contributed by atoms with Crippen LogP contribution < -0.4 is 25.7 Å². The number of fused-ring (bicyclic) bond motifs is 1.